The molecule has 2 N–H and O–H groups in total. The van der Waals surface area contributed by atoms with Gasteiger partial charge in [0.25, 0.3) is 0 Å². The molecule has 0 heterocycles. The predicted molar refractivity (Wildman–Crippen MR) is 105 cm³/mol. The second kappa shape index (κ2) is 9.26. The van der Waals surface area contributed by atoms with Gasteiger partial charge in [0.05, 0.1) is 25.2 Å². The standard InChI is InChI=1S/C22H25NO5/c1-27-19-10-9-17(20(13-19)28-18-7-2-3-8-18)14-23-21(24)12-15-5-4-6-16(11-15)22(25)26/h4-6,9-11,13,18H,2-3,7-8,12,14H2,1H3,(H,23,24)(H,25,26). The average Bonchev–Trinajstić information content (AvgIpc) is 3.20. The van der Waals surface area contributed by atoms with Crippen LogP contribution in [0.25, 0.3) is 0 Å². The number of nitrogens with one attached hydrogen (secondary N) is 1. The molecular weight excluding hydrogens is 358 g/mol. The lowest BCUT2D eigenvalue weighted by molar-refractivity contribution is -0.120. The number of amides is 1. The molecule has 0 unspecified atom stereocenters. The second-order valence-corrected chi connectivity index (χ2v) is 6.96. The van der Waals surface area contributed by atoms with Crippen molar-refractivity contribution in [2.75, 3.05) is 7.11 Å². The monoisotopic (exact) mass is 383 g/mol. The average molecular weight is 383 g/mol. The summed E-state index contributed by atoms with van der Waals surface area (Å²) in [6.07, 6.45) is 4.77. The summed E-state index contributed by atoms with van der Waals surface area (Å²) >= 11 is 0. The van der Waals surface area contributed by atoms with Crippen molar-refractivity contribution in [3.63, 3.8) is 0 Å². The maximum Gasteiger partial charge on any atom is 0.335 e. The van der Waals surface area contributed by atoms with Gasteiger partial charge in [-0.3, -0.25) is 4.79 Å². The molecule has 2 aromatic rings. The zero-order valence-corrected chi connectivity index (χ0v) is 15.9. The third-order valence-electron chi connectivity index (χ3n) is 4.88. The van der Waals surface area contributed by atoms with Crippen LogP contribution in [0.2, 0.25) is 0 Å². The van der Waals surface area contributed by atoms with Gasteiger partial charge in [0.15, 0.2) is 0 Å². The number of rotatable bonds is 8. The van der Waals surface area contributed by atoms with Crippen LogP contribution in [0.3, 0.4) is 0 Å². The summed E-state index contributed by atoms with van der Waals surface area (Å²) in [6.45, 7) is 0.337. The van der Waals surface area contributed by atoms with Crippen LogP contribution in [0.5, 0.6) is 11.5 Å². The molecule has 0 spiro atoms. The number of carboxylic acid groups (broad SMARTS) is 1. The molecule has 6 heteroatoms. The molecule has 1 aliphatic rings. The summed E-state index contributed by atoms with van der Waals surface area (Å²) in [5, 5.41) is 12.0. The number of carbonyl (C=O) groups excluding carboxylic acids is 1. The molecule has 0 radical (unpaired) electrons. The maximum atomic E-state index is 12.3. The molecule has 0 saturated heterocycles. The molecule has 6 nitrogen and oxygen atoms in total. The molecule has 1 fully saturated rings. The van der Waals surface area contributed by atoms with Crippen LogP contribution >= 0.6 is 0 Å². The SMILES string of the molecule is COc1ccc(CNC(=O)Cc2cccc(C(=O)O)c2)c(OC2CCCC2)c1. The van der Waals surface area contributed by atoms with E-state index in [2.05, 4.69) is 5.32 Å². The Balaban J connectivity index is 1.63. The number of benzene rings is 2. The van der Waals surface area contributed by atoms with Gasteiger partial charge in [0.1, 0.15) is 11.5 Å². The first-order valence-corrected chi connectivity index (χ1v) is 9.47. The lowest BCUT2D eigenvalue weighted by atomic mass is 10.1. The minimum atomic E-state index is -1.01. The first-order chi connectivity index (χ1) is 13.5. The van der Waals surface area contributed by atoms with Gasteiger partial charge in [-0.15, -0.1) is 0 Å². The van der Waals surface area contributed by atoms with E-state index in [-0.39, 0.29) is 24.0 Å². The Morgan fingerprint density at radius 2 is 1.93 bits per heavy atom. The Kier molecular flexibility index (Phi) is 6.53. The molecular formula is C22H25NO5. The Morgan fingerprint density at radius 3 is 2.64 bits per heavy atom. The number of aromatic carboxylic acids is 1. The maximum absolute atomic E-state index is 12.3. The normalized spacial score (nSPS) is 13.9. The Labute approximate surface area is 164 Å². The van der Waals surface area contributed by atoms with Crippen LogP contribution < -0.4 is 14.8 Å². The van der Waals surface area contributed by atoms with E-state index in [4.69, 9.17) is 14.6 Å². The molecule has 0 atom stereocenters. The van der Waals surface area contributed by atoms with Crippen molar-refractivity contribution in [1.82, 2.24) is 5.32 Å². The molecule has 2 aromatic carbocycles. The van der Waals surface area contributed by atoms with E-state index in [9.17, 15) is 9.59 Å². The van der Waals surface area contributed by atoms with Crippen LogP contribution in [0.15, 0.2) is 42.5 Å². The van der Waals surface area contributed by atoms with Gasteiger partial charge < -0.3 is 19.9 Å². The Morgan fingerprint density at radius 1 is 1.14 bits per heavy atom. The topological polar surface area (TPSA) is 84.9 Å². The van der Waals surface area contributed by atoms with Crippen LogP contribution in [-0.2, 0) is 17.8 Å². The first-order valence-electron chi connectivity index (χ1n) is 9.47. The second-order valence-electron chi connectivity index (χ2n) is 6.96. The van der Waals surface area contributed by atoms with Gasteiger partial charge >= 0.3 is 5.97 Å². The van der Waals surface area contributed by atoms with Crippen molar-refractivity contribution in [2.24, 2.45) is 0 Å². The summed E-state index contributed by atoms with van der Waals surface area (Å²) in [5.74, 6) is 0.271. The molecule has 148 valence electrons. The van der Waals surface area contributed by atoms with E-state index in [1.807, 2.05) is 18.2 Å². The van der Waals surface area contributed by atoms with Crippen LogP contribution in [0.4, 0.5) is 0 Å². The van der Waals surface area contributed by atoms with E-state index in [0.29, 0.717) is 17.9 Å². The number of carboxylic acids is 1. The zero-order valence-electron chi connectivity index (χ0n) is 15.9. The molecule has 0 aromatic heterocycles. The molecule has 0 bridgehead atoms. The van der Waals surface area contributed by atoms with Crippen molar-refractivity contribution in [3.05, 3.63) is 59.2 Å². The van der Waals surface area contributed by atoms with Gasteiger partial charge in [0, 0.05) is 18.2 Å². The lowest BCUT2D eigenvalue weighted by Gasteiger charge is -2.18. The number of ether oxygens (including phenoxy) is 2. The van der Waals surface area contributed by atoms with Gasteiger partial charge in [0.2, 0.25) is 5.91 Å². The van der Waals surface area contributed by atoms with E-state index in [1.54, 1.807) is 19.2 Å². The predicted octanol–water partition coefficient (Wildman–Crippen LogP) is 3.57. The fraction of sp³-hybridized carbons (Fsp3) is 0.364. The Bertz CT molecular complexity index is 843. The minimum Gasteiger partial charge on any atom is -0.497 e. The van der Waals surface area contributed by atoms with Crippen LogP contribution in [-0.4, -0.2) is 30.2 Å². The number of hydrogen-bond donors (Lipinski definition) is 2. The number of carbonyl (C=O) groups is 2. The van der Waals surface area contributed by atoms with Gasteiger partial charge in [-0.2, -0.15) is 0 Å². The van der Waals surface area contributed by atoms with E-state index in [1.165, 1.54) is 25.0 Å². The quantitative estimate of drug-likeness (QED) is 0.728. The van der Waals surface area contributed by atoms with Gasteiger partial charge in [-0.1, -0.05) is 12.1 Å². The molecule has 1 saturated carbocycles. The largest absolute Gasteiger partial charge is 0.497 e. The summed E-state index contributed by atoms with van der Waals surface area (Å²) in [7, 11) is 1.61. The third-order valence-corrected chi connectivity index (χ3v) is 4.88. The lowest BCUT2D eigenvalue weighted by Crippen LogP contribution is -2.25. The molecule has 28 heavy (non-hydrogen) atoms. The smallest absolute Gasteiger partial charge is 0.335 e. The highest BCUT2D eigenvalue weighted by atomic mass is 16.5. The van der Waals surface area contributed by atoms with E-state index in [0.717, 1.165) is 24.2 Å². The number of methoxy groups -OCH3 is 1. The molecule has 3 rings (SSSR count). The highest BCUT2D eigenvalue weighted by molar-refractivity contribution is 5.88. The molecule has 1 amide bonds. The minimum absolute atomic E-state index is 0.121. The van der Waals surface area contributed by atoms with Crippen molar-refractivity contribution in [2.45, 2.75) is 44.8 Å². The summed E-state index contributed by atoms with van der Waals surface area (Å²) in [6, 6.07) is 12.0. The van der Waals surface area contributed by atoms with Crippen LogP contribution in [0.1, 0.15) is 47.2 Å². The Hall–Kier alpha value is -3.02. The summed E-state index contributed by atoms with van der Waals surface area (Å²) in [5.41, 5.74) is 1.72. The fourth-order valence-electron chi connectivity index (χ4n) is 3.36. The van der Waals surface area contributed by atoms with E-state index >= 15 is 0 Å². The van der Waals surface area contributed by atoms with Crippen molar-refractivity contribution >= 4 is 11.9 Å². The zero-order chi connectivity index (χ0) is 19.9. The van der Waals surface area contributed by atoms with Gasteiger partial charge in [-0.25, -0.2) is 4.79 Å². The third kappa shape index (κ3) is 5.25. The van der Waals surface area contributed by atoms with Crippen molar-refractivity contribution < 1.29 is 24.2 Å². The van der Waals surface area contributed by atoms with Gasteiger partial charge in [-0.05, 0) is 55.5 Å². The van der Waals surface area contributed by atoms with Crippen molar-refractivity contribution in [1.29, 1.82) is 0 Å². The molecule has 1 aliphatic carbocycles. The van der Waals surface area contributed by atoms with E-state index < -0.39 is 5.97 Å². The van der Waals surface area contributed by atoms with Crippen molar-refractivity contribution in [3.8, 4) is 11.5 Å². The summed E-state index contributed by atoms with van der Waals surface area (Å²) in [4.78, 5) is 23.4. The molecule has 0 aliphatic heterocycles. The summed E-state index contributed by atoms with van der Waals surface area (Å²) < 4.78 is 11.4. The highest BCUT2D eigenvalue weighted by Gasteiger charge is 2.18. The number of hydrogen-bond acceptors (Lipinski definition) is 4. The fourth-order valence-corrected chi connectivity index (χ4v) is 3.36. The van der Waals surface area contributed by atoms with Crippen LogP contribution in [0, 0.1) is 0 Å². The first kappa shape index (κ1) is 19.7. The highest BCUT2D eigenvalue weighted by Crippen LogP contribution is 2.30.